The van der Waals surface area contributed by atoms with Crippen molar-refractivity contribution >= 4 is 34.1 Å². The van der Waals surface area contributed by atoms with E-state index in [2.05, 4.69) is 5.10 Å². The summed E-state index contributed by atoms with van der Waals surface area (Å²) < 4.78 is 1.69. The molecule has 3 rings (SSSR count). The van der Waals surface area contributed by atoms with Crippen molar-refractivity contribution in [2.45, 2.75) is 0 Å². The molecule has 0 aliphatic rings. The summed E-state index contributed by atoms with van der Waals surface area (Å²) in [4.78, 5) is 0. The Kier molecular flexibility index (Phi) is 2.54. The van der Waals surface area contributed by atoms with Gasteiger partial charge in [0.25, 0.3) is 0 Å². The Bertz CT molecular complexity index is 689. The first-order valence-corrected chi connectivity index (χ1v) is 5.90. The standard InChI is InChI=1S/C13H8Cl2N2/c14-9-4-3-5-10(8-9)17-13(15)11-6-1-2-7-12(11)16-17/h1-8H. The second-order valence-corrected chi connectivity index (χ2v) is 4.49. The van der Waals surface area contributed by atoms with Crippen LogP contribution in [0.25, 0.3) is 16.6 Å². The Hall–Kier alpha value is -1.51. The number of rotatable bonds is 1. The van der Waals surface area contributed by atoms with E-state index in [1.165, 1.54) is 0 Å². The summed E-state index contributed by atoms with van der Waals surface area (Å²) in [7, 11) is 0. The average molecular weight is 263 g/mol. The number of hydrogen-bond donors (Lipinski definition) is 0. The van der Waals surface area contributed by atoms with Crippen molar-refractivity contribution in [2.24, 2.45) is 0 Å². The van der Waals surface area contributed by atoms with Crippen molar-refractivity contribution in [2.75, 3.05) is 0 Å². The molecule has 0 radical (unpaired) electrons. The molecule has 0 unspecified atom stereocenters. The summed E-state index contributed by atoms with van der Waals surface area (Å²) in [5.41, 5.74) is 1.73. The quantitative estimate of drug-likeness (QED) is 0.638. The maximum Gasteiger partial charge on any atom is 0.140 e. The molecule has 4 heteroatoms. The summed E-state index contributed by atoms with van der Waals surface area (Å²) in [6.45, 7) is 0. The molecule has 0 atom stereocenters. The van der Waals surface area contributed by atoms with Crippen LogP contribution in [0.2, 0.25) is 10.2 Å². The summed E-state index contributed by atoms with van der Waals surface area (Å²) in [6.07, 6.45) is 0. The highest BCUT2D eigenvalue weighted by Crippen LogP contribution is 2.26. The minimum absolute atomic E-state index is 0.600. The SMILES string of the molecule is Clc1cccc(-n2nc3ccccc3c2Cl)c1. The van der Waals surface area contributed by atoms with Crippen molar-refractivity contribution in [3.63, 3.8) is 0 Å². The lowest BCUT2D eigenvalue weighted by Crippen LogP contribution is -1.95. The summed E-state index contributed by atoms with van der Waals surface area (Å²) in [5, 5.41) is 6.65. The van der Waals surface area contributed by atoms with Crippen LogP contribution in [-0.4, -0.2) is 9.78 Å². The van der Waals surface area contributed by atoms with Gasteiger partial charge >= 0.3 is 0 Å². The zero-order valence-corrected chi connectivity index (χ0v) is 10.3. The molecule has 0 bridgehead atoms. The summed E-state index contributed by atoms with van der Waals surface area (Å²) in [5.74, 6) is 0. The van der Waals surface area contributed by atoms with E-state index in [4.69, 9.17) is 23.2 Å². The topological polar surface area (TPSA) is 17.8 Å². The third-order valence-electron chi connectivity index (χ3n) is 2.57. The molecule has 1 heterocycles. The van der Waals surface area contributed by atoms with Gasteiger partial charge in [0.2, 0.25) is 0 Å². The summed E-state index contributed by atoms with van der Waals surface area (Å²) in [6, 6.07) is 15.2. The molecule has 0 N–H and O–H groups in total. The predicted octanol–water partition coefficient (Wildman–Crippen LogP) is 4.33. The van der Waals surface area contributed by atoms with Crippen LogP contribution < -0.4 is 0 Å². The largest absolute Gasteiger partial charge is 0.221 e. The maximum atomic E-state index is 6.30. The van der Waals surface area contributed by atoms with Gasteiger partial charge in [-0.2, -0.15) is 5.10 Å². The Morgan fingerprint density at radius 3 is 2.53 bits per heavy atom. The van der Waals surface area contributed by atoms with E-state index < -0.39 is 0 Å². The van der Waals surface area contributed by atoms with E-state index >= 15 is 0 Å². The molecule has 2 aromatic carbocycles. The molecule has 0 amide bonds. The third kappa shape index (κ3) is 1.79. The molecule has 0 spiro atoms. The van der Waals surface area contributed by atoms with Gasteiger partial charge in [0.1, 0.15) is 5.15 Å². The van der Waals surface area contributed by atoms with E-state index in [9.17, 15) is 0 Å². The van der Waals surface area contributed by atoms with Crippen molar-refractivity contribution in [3.8, 4) is 5.69 Å². The molecule has 0 aliphatic carbocycles. The fourth-order valence-corrected chi connectivity index (χ4v) is 2.26. The number of benzene rings is 2. The minimum atomic E-state index is 0.600. The number of nitrogens with zero attached hydrogens (tertiary/aromatic N) is 2. The van der Waals surface area contributed by atoms with Crippen LogP contribution in [0.1, 0.15) is 0 Å². The normalized spacial score (nSPS) is 10.9. The molecule has 0 saturated carbocycles. The van der Waals surface area contributed by atoms with Gasteiger partial charge in [-0.3, -0.25) is 0 Å². The van der Waals surface area contributed by atoms with Crippen molar-refractivity contribution < 1.29 is 0 Å². The highest BCUT2D eigenvalue weighted by molar-refractivity contribution is 6.34. The molecule has 1 aromatic heterocycles. The Morgan fingerprint density at radius 1 is 0.941 bits per heavy atom. The van der Waals surface area contributed by atoms with Crippen LogP contribution in [0.3, 0.4) is 0 Å². The van der Waals surface area contributed by atoms with Gasteiger partial charge in [-0.25, -0.2) is 4.68 Å². The Morgan fingerprint density at radius 2 is 1.76 bits per heavy atom. The van der Waals surface area contributed by atoms with Crippen LogP contribution >= 0.6 is 23.2 Å². The second kappa shape index (κ2) is 4.06. The van der Waals surface area contributed by atoms with Gasteiger partial charge in [0.05, 0.1) is 11.2 Å². The molecule has 3 aromatic rings. The number of aromatic nitrogens is 2. The van der Waals surface area contributed by atoms with E-state index in [-0.39, 0.29) is 0 Å². The first-order valence-electron chi connectivity index (χ1n) is 5.15. The molecule has 0 aliphatic heterocycles. The van der Waals surface area contributed by atoms with Crippen molar-refractivity contribution in [1.29, 1.82) is 0 Å². The van der Waals surface area contributed by atoms with E-state index in [0.29, 0.717) is 10.2 Å². The molecular formula is C13H8Cl2N2. The minimum Gasteiger partial charge on any atom is -0.221 e. The third-order valence-corrected chi connectivity index (χ3v) is 3.17. The van der Waals surface area contributed by atoms with Gasteiger partial charge < -0.3 is 0 Å². The first-order chi connectivity index (χ1) is 8.25. The zero-order valence-electron chi connectivity index (χ0n) is 8.77. The molecule has 0 saturated heterocycles. The molecule has 0 fully saturated rings. The van der Waals surface area contributed by atoms with E-state index in [0.717, 1.165) is 16.6 Å². The Balaban J connectivity index is 2.27. The van der Waals surface area contributed by atoms with Gasteiger partial charge in [0, 0.05) is 10.4 Å². The lowest BCUT2D eigenvalue weighted by molar-refractivity contribution is 0.897. The fourth-order valence-electron chi connectivity index (χ4n) is 1.78. The van der Waals surface area contributed by atoms with Gasteiger partial charge in [0.15, 0.2) is 0 Å². The molecular weight excluding hydrogens is 255 g/mol. The molecule has 2 nitrogen and oxygen atoms in total. The predicted molar refractivity (Wildman–Crippen MR) is 71.1 cm³/mol. The van der Waals surface area contributed by atoms with Gasteiger partial charge in [-0.05, 0) is 30.3 Å². The van der Waals surface area contributed by atoms with Gasteiger partial charge in [-0.15, -0.1) is 0 Å². The van der Waals surface area contributed by atoms with Crippen LogP contribution in [0.15, 0.2) is 48.5 Å². The Labute approximate surface area is 108 Å². The highest BCUT2D eigenvalue weighted by atomic mass is 35.5. The zero-order chi connectivity index (χ0) is 11.8. The van der Waals surface area contributed by atoms with Gasteiger partial charge in [-0.1, -0.05) is 41.4 Å². The monoisotopic (exact) mass is 262 g/mol. The van der Waals surface area contributed by atoms with E-state index in [1.807, 2.05) is 48.5 Å². The second-order valence-electron chi connectivity index (χ2n) is 3.70. The maximum absolute atomic E-state index is 6.30. The fraction of sp³-hybridized carbons (Fsp3) is 0. The highest BCUT2D eigenvalue weighted by Gasteiger charge is 2.09. The van der Waals surface area contributed by atoms with Crippen LogP contribution in [-0.2, 0) is 0 Å². The van der Waals surface area contributed by atoms with E-state index in [1.54, 1.807) is 4.68 Å². The van der Waals surface area contributed by atoms with Crippen LogP contribution in [0.5, 0.6) is 0 Å². The summed E-state index contributed by atoms with van der Waals surface area (Å²) >= 11 is 12.3. The number of hydrogen-bond acceptors (Lipinski definition) is 1. The number of fused-ring (bicyclic) bond motifs is 1. The number of halogens is 2. The molecule has 17 heavy (non-hydrogen) atoms. The lowest BCUT2D eigenvalue weighted by Gasteiger charge is -2.02. The first kappa shape index (κ1) is 10.6. The smallest absolute Gasteiger partial charge is 0.140 e. The van der Waals surface area contributed by atoms with Crippen LogP contribution in [0.4, 0.5) is 0 Å². The molecule has 84 valence electrons. The van der Waals surface area contributed by atoms with Crippen molar-refractivity contribution in [3.05, 3.63) is 58.7 Å². The van der Waals surface area contributed by atoms with Crippen LogP contribution in [0, 0.1) is 0 Å². The van der Waals surface area contributed by atoms with Crippen molar-refractivity contribution in [1.82, 2.24) is 9.78 Å². The lowest BCUT2D eigenvalue weighted by atomic mass is 10.3. The average Bonchev–Trinajstić information content (AvgIpc) is 2.68.